The summed E-state index contributed by atoms with van der Waals surface area (Å²) in [6.45, 7) is 3.49. The Bertz CT molecular complexity index is 807. The lowest BCUT2D eigenvalue weighted by Crippen LogP contribution is -2.63. The molecule has 8 heteroatoms. The molecule has 1 aromatic heterocycles. The molecular formula is C21H31N5O3. The molecule has 29 heavy (non-hydrogen) atoms. The second kappa shape index (κ2) is 7.80. The van der Waals surface area contributed by atoms with Gasteiger partial charge in [0.2, 0.25) is 5.91 Å². The Morgan fingerprint density at radius 1 is 1.10 bits per heavy atom. The van der Waals surface area contributed by atoms with E-state index in [4.69, 9.17) is 0 Å². The molecule has 0 bridgehead atoms. The van der Waals surface area contributed by atoms with Crippen molar-refractivity contribution in [3.05, 3.63) is 17.5 Å². The molecule has 1 atom stereocenters. The third-order valence-corrected chi connectivity index (χ3v) is 6.79. The van der Waals surface area contributed by atoms with Crippen LogP contribution in [0.2, 0.25) is 0 Å². The molecule has 2 aliphatic heterocycles. The molecule has 1 saturated heterocycles. The maximum absolute atomic E-state index is 13.1. The van der Waals surface area contributed by atoms with Crippen LogP contribution in [-0.2, 0) is 11.3 Å². The van der Waals surface area contributed by atoms with Crippen molar-refractivity contribution in [3.63, 3.8) is 0 Å². The number of fused-ring (bicyclic) bond motifs is 1. The third-order valence-electron chi connectivity index (χ3n) is 6.79. The first-order valence-corrected chi connectivity index (χ1v) is 10.9. The summed E-state index contributed by atoms with van der Waals surface area (Å²) in [5.41, 5.74) is -0.365. The number of piperidine rings is 1. The first kappa shape index (κ1) is 19.9. The van der Waals surface area contributed by atoms with Crippen LogP contribution in [0.3, 0.4) is 0 Å². The highest BCUT2D eigenvalue weighted by molar-refractivity contribution is 6.01. The summed E-state index contributed by atoms with van der Waals surface area (Å²) < 4.78 is 1.54. The zero-order valence-corrected chi connectivity index (χ0v) is 17.4. The fourth-order valence-electron chi connectivity index (χ4n) is 4.68. The molecule has 158 valence electrons. The van der Waals surface area contributed by atoms with E-state index in [1.165, 1.54) is 11.3 Å². The molecular weight excluding hydrogens is 370 g/mol. The number of hydrogen-bond donors (Lipinski definition) is 1. The highest BCUT2D eigenvalue weighted by Gasteiger charge is 2.47. The van der Waals surface area contributed by atoms with Crippen LogP contribution in [-0.4, -0.2) is 69.0 Å². The van der Waals surface area contributed by atoms with Crippen molar-refractivity contribution in [2.75, 3.05) is 20.1 Å². The Kier molecular flexibility index (Phi) is 5.36. The lowest BCUT2D eigenvalue weighted by Gasteiger charge is -2.41. The molecule has 3 amide bonds. The van der Waals surface area contributed by atoms with Gasteiger partial charge in [-0.15, -0.1) is 0 Å². The van der Waals surface area contributed by atoms with Gasteiger partial charge in [0.25, 0.3) is 11.8 Å². The summed E-state index contributed by atoms with van der Waals surface area (Å²) >= 11 is 0. The predicted octanol–water partition coefficient (Wildman–Crippen LogP) is 1.80. The van der Waals surface area contributed by atoms with Crippen molar-refractivity contribution in [1.82, 2.24) is 24.9 Å². The Morgan fingerprint density at radius 2 is 1.76 bits per heavy atom. The molecule has 0 aromatic carbocycles. The maximum atomic E-state index is 13.1. The van der Waals surface area contributed by atoms with Gasteiger partial charge < -0.3 is 15.1 Å². The smallest absolute Gasteiger partial charge is 0.274 e. The summed E-state index contributed by atoms with van der Waals surface area (Å²) in [6, 6.07) is 1.75. The number of likely N-dealkylation sites (N-methyl/N-ethyl adjacent to an activating group) is 1. The lowest BCUT2D eigenvalue weighted by atomic mass is 9.92. The minimum atomic E-state index is -1.03. The van der Waals surface area contributed by atoms with Crippen LogP contribution in [0.25, 0.3) is 0 Å². The van der Waals surface area contributed by atoms with Crippen LogP contribution < -0.4 is 5.32 Å². The highest BCUT2D eigenvalue weighted by atomic mass is 16.2. The molecule has 4 rings (SSSR count). The van der Waals surface area contributed by atoms with Gasteiger partial charge in [-0.25, -0.2) is 0 Å². The number of amides is 3. The van der Waals surface area contributed by atoms with Gasteiger partial charge >= 0.3 is 0 Å². The number of rotatable bonds is 3. The Hall–Kier alpha value is -2.38. The first-order chi connectivity index (χ1) is 13.9. The number of aromatic nitrogens is 2. The summed E-state index contributed by atoms with van der Waals surface area (Å²) in [5.74, 6) is -0.552. The van der Waals surface area contributed by atoms with Gasteiger partial charge in [-0.3, -0.25) is 19.1 Å². The van der Waals surface area contributed by atoms with Crippen LogP contribution in [0.5, 0.6) is 0 Å². The van der Waals surface area contributed by atoms with Gasteiger partial charge in [-0.1, -0.05) is 19.3 Å². The molecule has 1 saturated carbocycles. The number of nitrogens with zero attached hydrogens (tertiary/aromatic N) is 4. The van der Waals surface area contributed by atoms with Gasteiger partial charge in [0.15, 0.2) is 5.69 Å². The normalized spacial score (nSPS) is 25.7. The molecule has 1 N–H and O–H groups in total. The molecule has 3 heterocycles. The summed E-state index contributed by atoms with van der Waals surface area (Å²) in [6.07, 6.45) is 8.58. The van der Waals surface area contributed by atoms with E-state index in [-0.39, 0.29) is 30.3 Å². The Labute approximate surface area is 171 Å². The van der Waals surface area contributed by atoms with Crippen molar-refractivity contribution < 1.29 is 14.4 Å². The van der Waals surface area contributed by atoms with Gasteiger partial charge in [-0.05, 0) is 39.0 Å². The number of carbonyl (C=O) groups is 3. The Morgan fingerprint density at radius 3 is 2.45 bits per heavy atom. The highest BCUT2D eigenvalue weighted by Crippen LogP contribution is 2.27. The number of nitrogens with one attached hydrogen (secondary N) is 1. The van der Waals surface area contributed by atoms with E-state index in [0.717, 1.165) is 58.0 Å². The molecule has 1 aliphatic carbocycles. The second-order valence-corrected chi connectivity index (χ2v) is 8.87. The maximum Gasteiger partial charge on any atom is 0.274 e. The quantitative estimate of drug-likeness (QED) is 0.837. The fourth-order valence-corrected chi connectivity index (χ4v) is 4.68. The fraction of sp³-hybridized carbons (Fsp3) is 0.714. The standard InChI is InChI=1S/C21H31N5O3/c1-21(20(29)22-15-9-5-3-6-10-15)14-26-17(19(28)24(21)2)13-16(23-26)18(27)25-11-7-4-8-12-25/h13,15H,3-12,14H2,1-2H3,(H,22,29). The van der Waals surface area contributed by atoms with Crippen molar-refractivity contribution in [3.8, 4) is 0 Å². The topological polar surface area (TPSA) is 87.5 Å². The minimum Gasteiger partial charge on any atom is -0.351 e. The largest absolute Gasteiger partial charge is 0.351 e. The van der Waals surface area contributed by atoms with E-state index < -0.39 is 5.54 Å². The molecule has 8 nitrogen and oxygen atoms in total. The van der Waals surface area contributed by atoms with Crippen molar-refractivity contribution in [1.29, 1.82) is 0 Å². The van der Waals surface area contributed by atoms with Crippen LogP contribution in [0, 0.1) is 0 Å². The van der Waals surface area contributed by atoms with E-state index in [2.05, 4.69) is 10.4 Å². The van der Waals surface area contributed by atoms with Crippen LogP contribution >= 0.6 is 0 Å². The van der Waals surface area contributed by atoms with E-state index in [9.17, 15) is 14.4 Å². The summed E-state index contributed by atoms with van der Waals surface area (Å²) in [7, 11) is 1.66. The zero-order chi connectivity index (χ0) is 20.6. The van der Waals surface area contributed by atoms with Crippen molar-refractivity contribution in [2.24, 2.45) is 0 Å². The lowest BCUT2D eigenvalue weighted by molar-refractivity contribution is -0.133. The molecule has 0 radical (unpaired) electrons. The van der Waals surface area contributed by atoms with Crippen LogP contribution in [0.15, 0.2) is 6.07 Å². The van der Waals surface area contributed by atoms with E-state index >= 15 is 0 Å². The number of hydrogen-bond acceptors (Lipinski definition) is 4. The second-order valence-electron chi connectivity index (χ2n) is 8.87. The van der Waals surface area contributed by atoms with Gasteiger partial charge in [0.1, 0.15) is 11.2 Å². The van der Waals surface area contributed by atoms with Crippen molar-refractivity contribution >= 4 is 17.7 Å². The van der Waals surface area contributed by atoms with E-state index in [0.29, 0.717) is 11.4 Å². The van der Waals surface area contributed by atoms with E-state index in [1.807, 2.05) is 0 Å². The number of carbonyl (C=O) groups excluding carboxylic acids is 3. The SMILES string of the molecule is CN1C(=O)c2cc(C(=O)N3CCCCC3)nn2CC1(C)C(=O)NC1CCCCC1. The monoisotopic (exact) mass is 401 g/mol. The molecule has 1 aromatic rings. The summed E-state index contributed by atoms with van der Waals surface area (Å²) in [5, 5.41) is 7.58. The third kappa shape index (κ3) is 3.65. The van der Waals surface area contributed by atoms with E-state index in [1.54, 1.807) is 29.6 Å². The predicted molar refractivity (Wildman–Crippen MR) is 107 cm³/mol. The molecule has 3 aliphatic rings. The first-order valence-electron chi connectivity index (χ1n) is 10.9. The average Bonchev–Trinajstić information content (AvgIpc) is 3.16. The van der Waals surface area contributed by atoms with Gasteiger partial charge in [0, 0.05) is 32.2 Å². The molecule has 1 unspecified atom stereocenters. The minimum absolute atomic E-state index is 0.129. The van der Waals surface area contributed by atoms with Crippen molar-refractivity contribution in [2.45, 2.75) is 76.4 Å². The zero-order valence-electron chi connectivity index (χ0n) is 17.4. The molecule has 2 fully saturated rings. The molecule has 0 spiro atoms. The average molecular weight is 402 g/mol. The van der Waals surface area contributed by atoms with Crippen LogP contribution in [0.1, 0.15) is 79.3 Å². The Balaban J connectivity index is 1.54. The number of likely N-dealkylation sites (tertiary alicyclic amines) is 1. The summed E-state index contributed by atoms with van der Waals surface area (Å²) in [4.78, 5) is 42.2. The van der Waals surface area contributed by atoms with Gasteiger partial charge in [-0.2, -0.15) is 5.10 Å². The van der Waals surface area contributed by atoms with Gasteiger partial charge in [0.05, 0.1) is 6.54 Å². The van der Waals surface area contributed by atoms with Crippen LogP contribution in [0.4, 0.5) is 0 Å².